The van der Waals surface area contributed by atoms with E-state index in [1.54, 1.807) is 20.3 Å². The first-order valence-corrected chi connectivity index (χ1v) is 8.47. The van der Waals surface area contributed by atoms with E-state index in [4.69, 9.17) is 14.2 Å². The Bertz CT molecular complexity index is 564. The third-order valence-corrected chi connectivity index (χ3v) is 4.61. The van der Waals surface area contributed by atoms with Gasteiger partial charge in [-0.1, -0.05) is 13.3 Å². The van der Waals surface area contributed by atoms with Crippen LogP contribution in [0.1, 0.15) is 38.3 Å². The third-order valence-electron chi connectivity index (χ3n) is 4.61. The van der Waals surface area contributed by atoms with Crippen LogP contribution in [-0.2, 0) is 14.3 Å². The SMILES string of the molecule is COCCOc1ccc(NC(=O)[C@@]2(OC)CCC[C@H](C)C2)c(C)n1. The molecule has 2 atom stereocenters. The summed E-state index contributed by atoms with van der Waals surface area (Å²) in [6.07, 6.45) is 3.66. The van der Waals surface area contributed by atoms with Crippen LogP contribution in [-0.4, -0.2) is 43.9 Å². The van der Waals surface area contributed by atoms with Crippen LogP contribution in [0.15, 0.2) is 12.1 Å². The lowest BCUT2D eigenvalue weighted by atomic mass is 9.78. The lowest BCUT2D eigenvalue weighted by Crippen LogP contribution is -2.48. The Hall–Kier alpha value is -1.66. The summed E-state index contributed by atoms with van der Waals surface area (Å²) in [5, 5.41) is 2.98. The molecule has 6 heteroatoms. The molecule has 0 bridgehead atoms. The first kappa shape index (κ1) is 18.7. The van der Waals surface area contributed by atoms with Crippen molar-refractivity contribution in [1.82, 2.24) is 4.98 Å². The molecular formula is C18H28N2O4. The van der Waals surface area contributed by atoms with Crippen LogP contribution in [0, 0.1) is 12.8 Å². The smallest absolute Gasteiger partial charge is 0.256 e. The van der Waals surface area contributed by atoms with Crippen molar-refractivity contribution in [3.05, 3.63) is 17.8 Å². The molecule has 1 aromatic heterocycles. The van der Waals surface area contributed by atoms with Gasteiger partial charge >= 0.3 is 0 Å². The number of aryl methyl sites for hydroxylation is 1. The molecule has 1 aromatic rings. The van der Waals surface area contributed by atoms with E-state index in [2.05, 4.69) is 17.2 Å². The molecule has 1 fully saturated rings. The second-order valence-corrected chi connectivity index (χ2v) is 6.48. The summed E-state index contributed by atoms with van der Waals surface area (Å²) in [6.45, 7) is 4.97. The molecule has 1 N–H and O–H groups in total. The largest absolute Gasteiger partial charge is 0.475 e. The Morgan fingerprint density at radius 1 is 1.38 bits per heavy atom. The monoisotopic (exact) mass is 336 g/mol. The van der Waals surface area contributed by atoms with E-state index in [1.807, 2.05) is 13.0 Å². The van der Waals surface area contributed by atoms with Crippen molar-refractivity contribution in [3.63, 3.8) is 0 Å². The van der Waals surface area contributed by atoms with Gasteiger partial charge in [0.2, 0.25) is 5.88 Å². The van der Waals surface area contributed by atoms with Crippen LogP contribution in [0.2, 0.25) is 0 Å². The predicted octanol–water partition coefficient (Wildman–Crippen LogP) is 2.95. The zero-order valence-corrected chi connectivity index (χ0v) is 15.1. The standard InChI is InChI=1S/C18H28N2O4/c1-13-6-5-9-18(12-13,23-4)17(21)20-15-7-8-16(19-14(15)2)24-11-10-22-3/h7-8,13H,5-6,9-12H2,1-4H3,(H,20,21)/t13-,18+/m0/s1. The van der Waals surface area contributed by atoms with Crippen molar-refractivity contribution in [2.45, 2.75) is 45.1 Å². The van der Waals surface area contributed by atoms with E-state index in [0.29, 0.717) is 36.4 Å². The number of nitrogens with one attached hydrogen (secondary N) is 1. The number of hydrogen-bond donors (Lipinski definition) is 1. The number of anilines is 1. The molecule has 6 nitrogen and oxygen atoms in total. The highest BCUT2D eigenvalue weighted by Gasteiger charge is 2.42. The predicted molar refractivity (Wildman–Crippen MR) is 92.3 cm³/mol. The van der Waals surface area contributed by atoms with Gasteiger partial charge in [-0.2, -0.15) is 0 Å². The van der Waals surface area contributed by atoms with Crippen molar-refractivity contribution < 1.29 is 19.0 Å². The molecule has 0 radical (unpaired) electrons. The number of nitrogens with zero attached hydrogens (tertiary/aromatic N) is 1. The Kier molecular flexibility index (Phi) is 6.57. The van der Waals surface area contributed by atoms with Gasteiger partial charge in [-0.15, -0.1) is 0 Å². The molecule has 0 saturated heterocycles. The molecule has 1 amide bonds. The Morgan fingerprint density at radius 2 is 2.17 bits per heavy atom. The number of amides is 1. The number of ether oxygens (including phenoxy) is 3. The number of pyridine rings is 1. The summed E-state index contributed by atoms with van der Waals surface area (Å²) >= 11 is 0. The van der Waals surface area contributed by atoms with Gasteiger partial charge in [0.25, 0.3) is 5.91 Å². The average Bonchev–Trinajstić information content (AvgIpc) is 2.57. The van der Waals surface area contributed by atoms with Crippen LogP contribution in [0.5, 0.6) is 5.88 Å². The first-order chi connectivity index (χ1) is 11.5. The highest BCUT2D eigenvalue weighted by atomic mass is 16.5. The Morgan fingerprint density at radius 3 is 2.79 bits per heavy atom. The van der Waals surface area contributed by atoms with Gasteiger partial charge in [0, 0.05) is 20.3 Å². The Balaban J connectivity index is 2.05. The van der Waals surface area contributed by atoms with Gasteiger partial charge in [-0.05, 0) is 38.2 Å². The minimum atomic E-state index is -0.738. The van der Waals surface area contributed by atoms with Crippen molar-refractivity contribution >= 4 is 11.6 Å². The van der Waals surface area contributed by atoms with E-state index in [9.17, 15) is 4.79 Å². The van der Waals surface area contributed by atoms with Gasteiger partial charge in [0.05, 0.1) is 18.0 Å². The second kappa shape index (κ2) is 8.44. The molecule has 134 valence electrons. The molecule has 1 saturated carbocycles. The van der Waals surface area contributed by atoms with Crippen molar-refractivity contribution in [1.29, 1.82) is 0 Å². The number of carbonyl (C=O) groups excluding carboxylic acids is 1. The fourth-order valence-electron chi connectivity index (χ4n) is 3.20. The molecule has 0 aromatic carbocycles. The normalized spacial score (nSPS) is 23.8. The zero-order valence-electron chi connectivity index (χ0n) is 15.1. The molecule has 0 spiro atoms. The van der Waals surface area contributed by atoms with Crippen LogP contribution < -0.4 is 10.1 Å². The summed E-state index contributed by atoms with van der Waals surface area (Å²) in [5.41, 5.74) is 0.666. The number of methoxy groups -OCH3 is 2. The van der Waals surface area contributed by atoms with E-state index in [-0.39, 0.29) is 5.91 Å². The second-order valence-electron chi connectivity index (χ2n) is 6.48. The summed E-state index contributed by atoms with van der Waals surface area (Å²) in [4.78, 5) is 17.2. The third kappa shape index (κ3) is 4.45. The zero-order chi connectivity index (χ0) is 17.6. The molecule has 1 aliphatic carbocycles. The first-order valence-electron chi connectivity index (χ1n) is 8.47. The van der Waals surface area contributed by atoms with Crippen LogP contribution in [0.3, 0.4) is 0 Å². The Labute approximate surface area is 143 Å². The quantitative estimate of drug-likeness (QED) is 0.775. The molecule has 0 unspecified atom stereocenters. The maximum Gasteiger partial charge on any atom is 0.256 e. The summed E-state index contributed by atoms with van der Waals surface area (Å²) in [5.74, 6) is 0.921. The van der Waals surface area contributed by atoms with E-state index < -0.39 is 5.60 Å². The van der Waals surface area contributed by atoms with Crippen molar-refractivity contribution in [2.75, 3.05) is 32.8 Å². The van der Waals surface area contributed by atoms with Crippen molar-refractivity contribution in [3.8, 4) is 5.88 Å². The van der Waals surface area contributed by atoms with Crippen LogP contribution in [0.4, 0.5) is 5.69 Å². The van der Waals surface area contributed by atoms with Gasteiger partial charge < -0.3 is 19.5 Å². The van der Waals surface area contributed by atoms with E-state index >= 15 is 0 Å². The van der Waals surface area contributed by atoms with Crippen LogP contribution in [0.25, 0.3) is 0 Å². The fourth-order valence-corrected chi connectivity index (χ4v) is 3.20. The van der Waals surface area contributed by atoms with Gasteiger partial charge in [-0.25, -0.2) is 4.98 Å². The fraction of sp³-hybridized carbons (Fsp3) is 0.667. The lowest BCUT2D eigenvalue weighted by molar-refractivity contribution is -0.143. The maximum absolute atomic E-state index is 12.8. The summed E-state index contributed by atoms with van der Waals surface area (Å²) < 4.78 is 16.1. The molecule has 24 heavy (non-hydrogen) atoms. The minimum absolute atomic E-state index is 0.0884. The lowest BCUT2D eigenvalue weighted by Gasteiger charge is -2.37. The molecular weight excluding hydrogens is 308 g/mol. The van der Waals surface area contributed by atoms with Gasteiger partial charge in [-0.3, -0.25) is 4.79 Å². The van der Waals surface area contributed by atoms with Crippen molar-refractivity contribution in [2.24, 2.45) is 5.92 Å². The summed E-state index contributed by atoms with van der Waals surface area (Å²) in [6, 6.07) is 3.57. The number of rotatable bonds is 7. The average molecular weight is 336 g/mol. The molecule has 2 rings (SSSR count). The minimum Gasteiger partial charge on any atom is -0.475 e. The number of aromatic nitrogens is 1. The van der Waals surface area contributed by atoms with Gasteiger partial charge in [0.1, 0.15) is 12.2 Å². The maximum atomic E-state index is 12.8. The molecule has 1 aliphatic rings. The molecule has 0 aliphatic heterocycles. The highest BCUT2D eigenvalue weighted by Crippen LogP contribution is 2.36. The van der Waals surface area contributed by atoms with E-state index in [0.717, 1.165) is 25.7 Å². The highest BCUT2D eigenvalue weighted by molar-refractivity contribution is 5.97. The summed E-state index contributed by atoms with van der Waals surface area (Å²) in [7, 11) is 3.24. The molecule has 1 heterocycles. The number of carbonyl (C=O) groups is 1. The van der Waals surface area contributed by atoms with E-state index in [1.165, 1.54) is 0 Å². The van der Waals surface area contributed by atoms with Gasteiger partial charge in [0.15, 0.2) is 0 Å². The topological polar surface area (TPSA) is 69.7 Å². The number of hydrogen-bond acceptors (Lipinski definition) is 5. The van der Waals surface area contributed by atoms with Crippen LogP contribution >= 0.6 is 0 Å².